The molecule has 0 amide bonds. The molecule has 1 atom stereocenters. The van der Waals surface area contributed by atoms with E-state index in [1.165, 1.54) is 0 Å². The van der Waals surface area contributed by atoms with E-state index >= 15 is 0 Å². The summed E-state index contributed by atoms with van der Waals surface area (Å²) in [5.74, 6) is 0. The van der Waals surface area contributed by atoms with Crippen molar-refractivity contribution in [3.8, 4) is 0 Å². The predicted molar refractivity (Wildman–Crippen MR) is 27.4 cm³/mol. The first-order chi connectivity index (χ1) is 2.27. The van der Waals surface area contributed by atoms with Crippen molar-refractivity contribution in [1.82, 2.24) is 0 Å². The molecule has 6 heavy (non-hydrogen) atoms. The molecule has 0 saturated carbocycles. The molecule has 0 saturated heterocycles. The van der Waals surface area contributed by atoms with Crippen LogP contribution in [0.15, 0.2) is 0 Å². The van der Waals surface area contributed by atoms with Crippen LogP contribution in [0.4, 0.5) is 4.79 Å². The molecule has 0 bridgehead atoms. The van der Waals surface area contributed by atoms with Gasteiger partial charge in [-0.15, -0.1) is 0 Å². The molecule has 0 aliphatic rings. The summed E-state index contributed by atoms with van der Waals surface area (Å²) in [4.78, 5) is 9.12. The summed E-state index contributed by atoms with van der Waals surface area (Å²) in [5, 5.41) is 7.48. The molecule has 0 aromatic heterocycles. The van der Waals surface area contributed by atoms with Crippen LogP contribution >= 0.6 is 9.47 Å². The average molecular weight is 136 g/mol. The van der Waals surface area contributed by atoms with Gasteiger partial charge in [0.15, 0.2) is 0 Å². The zero-order chi connectivity index (χ0) is 4.28. The Labute approximate surface area is 67.3 Å². The Morgan fingerprint density at radius 1 is 1.83 bits per heavy atom. The Morgan fingerprint density at radius 2 is 2.00 bits per heavy atom. The van der Waals surface area contributed by atoms with E-state index in [1.807, 2.05) is 0 Å². The first-order valence-electron chi connectivity index (χ1n) is 0.868. The Kier molecular flexibility index (Phi) is 9.98. The molecular weight excluding hydrogens is 131 g/mol. The van der Waals surface area contributed by atoms with Crippen LogP contribution < -0.4 is 0 Å². The maximum atomic E-state index is 9.12. The Bertz CT molecular complexity index is 46.1. The molecule has 1 unspecified atom stereocenters. The summed E-state index contributed by atoms with van der Waals surface area (Å²) in [7, 11) is 1.59. The number of carbonyl (C=O) groups is 1. The Hall–Kier alpha value is 0.960. The van der Waals surface area contributed by atoms with E-state index in [-0.39, 0.29) is 37.7 Å². The van der Waals surface area contributed by atoms with Crippen LogP contribution in [0, 0.1) is 0 Å². The second-order valence-corrected chi connectivity index (χ2v) is 0.619. The van der Waals surface area contributed by atoms with Gasteiger partial charge in [0, 0.05) is 0 Å². The van der Waals surface area contributed by atoms with Crippen LogP contribution in [0.3, 0.4) is 0 Å². The fourth-order valence-corrected chi connectivity index (χ4v) is 0. The first kappa shape index (κ1) is 10.0. The van der Waals surface area contributed by atoms with Gasteiger partial charge in [0.2, 0.25) is 0 Å². The molecule has 34 valence electrons. The van der Waals surface area contributed by atoms with Gasteiger partial charge in [-0.05, 0) is 0 Å². The molecule has 0 radical (unpaired) electrons. The molecule has 0 aromatic rings. The molecular formula is CH5CaO3P. The van der Waals surface area contributed by atoms with Gasteiger partial charge in [0.25, 0.3) is 0 Å². The second kappa shape index (κ2) is 5.96. The molecule has 0 spiro atoms. The second-order valence-electron chi connectivity index (χ2n) is 0.384. The summed E-state index contributed by atoms with van der Waals surface area (Å²) in [6, 6.07) is 0. The van der Waals surface area contributed by atoms with E-state index in [0.29, 0.717) is 0 Å². The van der Waals surface area contributed by atoms with Gasteiger partial charge in [0.1, 0.15) is 0 Å². The van der Waals surface area contributed by atoms with Crippen molar-refractivity contribution in [3.05, 3.63) is 0 Å². The minimum absolute atomic E-state index is 0. The van der Waals surface area contributed by atoms with Crippen LogP contribution in [0.5, 0.6) is 0 Å². The van der Waals surface area contributed by atoms with Gasteiger partial charge in [-0.3, -0.25) is 0 Å². The van der Waals surface area contributed by atoms with Crippen LogP contribution in [0.2, 0.25) is 0 Å². The number of carboxylic acid groups (broad SMARTS) is 1. The van der Waals surface area contributed by atoms with Gasteiger partial charge in [-0.2, -0.15) is 0 Å². The number of hydrogen-bond donors (Lipinski definition) is 1. The topological polar surface area (TPSA) is 46.5 Å². The van der Waals surface area contributed by atoms with Crippen molar-refractivity contribution in [2.24, 2.45) is 0 Å². The van der Waals surface area contributed by atoms with Gasteiger partial charge < -0.3 is 9.63 Å². The molecule has 0 rings (SSSR count). The first-order valence-corrected chi connectivity index (χ1v) is 1.34. The Morgan fingerprint density at radius 3 is 2.00 bits per heavy atom. The van der Waals surface area contributed by atoms with Crippen LogP contribution in [0.25, 0.3) is 0 Å². The molecule has 0 aromatic carbocycles. The molecule has 0 aliphatic carbocycles. The molecule has 1 N–H and O–H groups in total. The third-order valence-corrected chi connectivity index (χ3v) is 0.302. The van der Waals surface area contributed by atoms with Crippen LogP contribution in [0.1, 0.15) is 0 Å². The quantitative estimate of drug-likeness (QED) is 0.362. The number of rotatable bonds is 0. The van der Waals surface area contributed by atoms with E-state index in [0.717, 1.165) is 0 Å². The summed E-state index contributed by atoms with van der Waals surface area (Å²) in [5.41, 5.74) is 0. The molecule has 0 fully saturated rings. The van der Waals surface area contributed by atoms with Crippen LogP contribution in [-0.2, 0) is 4.52 Å². The molecule has 3 nitrogen and oxygen atoms in total. The van der Waals surface area contributed by atoms with Crippen molar-refractivity contribution in [2.75, 3.05) is 0 Å². The van der Waals surface area contributed by atoms with Crippen molar-refractivity contribution >= 4 is 53.4 Å². The zero-order valence-electron chi connectivity index (χ0n) is 2.34. The monoisotopic (exact) mass is 136 g/mol. The predicted octanol–water partition coefficient (Wildman–Crippen LogP) is -0.445. The fourth-order valence-electron chi connectivity index (χ4n) is 0. The van der Waals surface area contributed by atoms with E-state index < -0.39 is 6.16 Å². The standard InChI is InChI=1S/CH3O3P.Ca.2H/c2-1(3)4-5;;;/h5H2,(H,2,3);;;. The number of hydrogen-bond acceptors (Lipinski definition) is 2. The van der Waals surface area contributed by atoms with Gasteiger partial charge in [-0.25, -0.2) is 4.79 Å². The van der Waals surface area contributed by atoms with Crippen molar-refractivity contribution < 1.29 is 14.4 Å². The summed E-state index contributed by atoms with van der Waals surface area (Å²) >= 11 is 0. The average Bonchev–Trinajstić information content (AvgIpc) is 1.38. The summed E-state index contributed by atoms with van der Waals surface area (Å²) < 4.78 is 3.58. The SMILES string of the molecule is O=C(O)OP.[CaH2]. The maximum absolute atomic E-state index is 9.12. The summed E-state index contributed by atoms with van der Waals surface area (Å²) in [6.45, 7) is 0. The van der Waals surface area contributed by atoms with E-state index in [2.05, 4.69) is 4.52 Å². The van der Waals surface area contributed by atoms with Gasteiger partial charge in [0.05, 0.1) is 9.47 Å². The normalized spacial score (nSPS) is 5.50. The minimum atomic E-state index is -1.28. The van der Waals surface area contributed by atoms with Gasteiger partial charge >= 0.3 is 43.9 Å². The third-order valence-electron chi connectivity index (χ3n) is 0.101. The fraction of sp³-hybridized carbons (Fsp3) is 0. The van der Waals surface area contributed by atoms with Crippen LogP contribution in [-0.4, -0.2) is 49.0 Å². The Balaban J connectivity index is 0. The van der Waals surface area contributed by atoms with E-state index in [1.54, 1.807) is 9.47 Å². The third kappa shape index (κ3) is 8.88. The van der Waals surface area contributed by atoms with Crippen molar-refractivity contribution in [2.45, 2.75) is 0 Å². The molecule has 5 heteroatoms. The zero-order valence-corrected chi connectivity index (χ0v) is 3.50. The summed E-state index contributed by atoms with van der Waals surface area (Å²) in [6.07, 6.45) is -1.28. The van der Waals surface area contributed by atoms with Gasteiger partial charge in [-0.1, -0.05) is 0 Å². The molecule has 0 heterocycles. The van der Waals surface area contributed by atoms with Crippen molar-refractivity contribution in [3.63, 3.8) is 0 Å². The molecule has 0 aliphatic heterocycles. The van der Waals surface area contributed by atoms with E-state index in [4.69, 9.17) is 9.90 Å². The van der Waals surface area contributed by atoms with E-state index in [9.17, 15) is 0 Å². The van der Waals surface area contributed by atoms with Crippen molar-refractivity contribution in [1.29, 1.82) is 0 Å².